The molecule has 4 N–H and O–H groups in total. The van der Waals surface area contributed by atoms with Crippen molar-refractivity contribution >= 4 is 29.9 Å². The molecular formula is C22H30ClN3O3. The maximum Gasteiger partial charge on any atom is 0.253 e. The van der Waals surface area contributed by atoms with E-state index in [9.17, 15) is 9.59 Å². The van der Waals surface area contributed by atoms with Gasteiger partial charge in [0.25, 0.3) is 5.91 Å². The minimum absolute atomic E-state index is 0. The number of para-hydroxylation sites is 1. The Balaban J connectivity index is 0.00000420. The Labute approximate surface area is 178 Å². The van der Waals surface area contributed by atoms with Gasteiger partial charge in [-0.2, -0.15) is 0 Å². The Bertz CT molecular complexity index is 812. The highest BCUT2D eigenvalue weighted by molar-refractivity contribution is 6.03. The second kappa shape index (κ2) is 12.8. The van der Waals surface area contributed by atoms with E-state index < -0.39 is 0 Å². The van der Waals surface area contributed by atoms with E-state index >= 15 is 0 Å². The van der Waals surface area contributed by atoms with Gasteiger partial charge < -0.3 is 21.1 Å². The first kappa shape index (κ1) is 24.5. The fourth-order valence-corrected chi connectivity index (χ4v) is 2.72. The molecule has 0 saturated carbocycles. The number of rotatable bonds is 10. The molecule has 0 saturated heterocycles. The topological polar surface area (TPSA) is 93.4 Å². The third-order valence-corrected chi connectivity index (χ3v) is 4.28. The number of anilines is 1. The molecule has 7 heteroatoms. The Morgan fingerprint density at radius 2 is 1.83 bits per heavy atom. The van der Waals surface area contributed by atoms with E-state index in [0.717, 1.165) is 23.3 Å². The summed E-state index contributed by atoms with van der Waals surface area (Å²) in [6.45, 7) is 5.37. The largest absolute Gasteiger partial charge is 0.493 e. The van der Waals surface area contributed by atoms with E-state index in [1.54, 1.807) is 24.3 Å². The van der Waals surface area contributed by atoms with E-state index in [2.05, 4.69) is 16.7 Å². The van der Waals surface area contributed by atoms with E-state index in [1.165, 1.54) is 0 Å². The molecule has 2 aromatic rings. The Morgan fingerprint density at radius 1 is 1.07 bits per heavy atom. The van der Waals surface area contributed by atoms with Crippen LogP contribution in [-0.2, 0) is 4.79 Å². The summed E-state index contributed by atoms with van der Waals surface area (Å²) in [5.41, 5.74) is 8.62. The summed E-state index contributed by atoms with van der Waals surface area (Å²) in [4.78, 5) is 24.4. The lowest BCUT2D eigenvalue weighted by Gasteiger charge is -2.12. The Morgan fingerprint density at radius 3 is 2.59 bits per heavy atom. The van der Waals surface area contributed by atoms with Crippen LogP contribution >= 0.6 is 12.4 Å². The van der Waals surface area contributed by atoms with Gasteiger partial charge in [-0.05, 0) is 56.0 Å². The normalized spacial score (nSPS) is 10.0. The Hall–Kier alpha value is -2.57. The molecule has 0 aromatic heterocycles. The van der Waals surface area contributed by atoms with Gasteiger partial charge in [-0.25, -0.2) is 0 Å². The van der Waals surface area contributed by atoms with Crippen LogP contribution < -0.4 is 21.1 Å². The van der Waals surface area contributed by atoms with Crippen LogP contribution in [0.1, 0.15) is 40.7 Å². The molecule has 6 nitrogen and oxygen atoms in total. The first-order valence-electron chi connectivity index (χ1n) is 9.58. The quantitative estimate of drug-likeness (QED) is 0.513. The number of ether oxygens (including phenoxy) is 1. The van der Waals surface area contributed by atoms with E-state index in [-0.39, 0.29) is 24.2 Å². The van der Waals surface area contributed by atoms with Crippen LogP contribution in [0.3, 0.4) is 0 Å². The van der Waals surface area contributed by atoms with Gasteiger partial charge in [-0.1, -0.05) is 24.3 Å². The van der Waals surface area contributed by atoms with Crippen molar-refractivity contribution in [1.82, 2.24) is 5.32 Å². The zero-order valence-electron chi connectivity index (χ0n) is 17.0. The average Bonchev–Trinajstić information content (AvgIpc) is 2.68. The summed E-state index contributed by atoms with van der Waals surface area (Å²) in [6.07, 6.45) is 1.85. The number of nitrogens with two attached hydrogens (primary N) is 1. The van der Waals surface area contributed by atoms with Crippen LogP contribution in [0.2, 0.25) is 0 Å². The van der Waals surface area contributed by atoms with E-state index in [4.69, 9.17) is 10.5 Å². The van der Waals surface area contributed by atoms with Crippen molar-refractivity contribution in [2.24, 2.45) is 5.73 Å². The molecule has 0 spiro atoms. The molecule has 0 aliphatic rings. The fourth-order valence-electron chi connectivity index (χ4n) is 2.72. The SMILES string of the molecule is Cc1ccc(C)c(OCCCCC(=O)Nc2ccccc2C(=O)NCCN)c1.Cl. The number of unbranched alkanes of at least 4 members (excludes halogenated alkanes) is 1. The average molecular weight is 420 g/mol. The first-order valence-corrected chi connectivity index (χ1v) is 9.58. The summed E-state index contributed by atoms with van der Waals surface area (Å²) in [5, 5.41) is 5.54. The molecule has 0 unspecified atom stereocenters. The third kappa shape index (κ3) is 8.13. The number of hydrogen-bond donors (Lipinski definition) is 3. The predicted molar refractivity (Wildman–Crippen MR) is 119 cm³/mol. The summed E-state index contributed by atoms with van der Waals surface area (Å²) in [7, 11) is 0. The van der Waals surface area contributed by atoms with Crippen LogP contribution in [-0.4, -0.2) is 31.5 Å². The zero-order chi connectivity index (χ0) is 20.4. The number of carbonyl (C=O) groups excluding carboxylic acids is 2. The molecule has 29 heavy (non-hydrogen) atoms. The summed E-state index contributed by atoms with van der Waals surface area (Å²) in [6, 6.07) is 13.1. The predicted octanol–water partition coefficient (Wildman–Crippen LogP) is 3.60. The number of benzene rings is 2. The van der Waals surface area contributed by atoms with Crippen molar-refractivity contribution in [2.75, 3.05) is 25.0 Å². The van der Waals surface area contributed by atoms with Crippen molar-refractivity contribution in [2.45, 2.75) is 33.1 Å². The van der Waals surface area contributed by atoms with Crippen LogP contribution in [0.15, 0.2) is 42.5 Å². The van der Waals surface area contributed by atoms with Crippen molar-refractivity contribution in [3.8, 4) is 5.75 Å². The number of amides is 2. The fraction of sp³-hybridized carbons (Fsp3) is 0.364. The number of aryl methyl sites for hydroxylation is 2. The molecule has 2 amide bonds. The molecule has 0 radical (unpaired) electrons. The maximum absolute atomic E-state index is 12.2. The van der Waals surface area contributed by atoms with Crippen molar-refractivity contribution in [1.29, 1.82) is 0 Å². The first-order chi connectivity index (χ1) is 13.5. The van der Waals surface area contributed by atoms with Gasteiger partial charge in [-0.3, -0.25) is 9.59 Å². The number of hydrogen-bond acceptors (Lipinski definition) is 4. The van der Waals surface area contributed by atoms with Crippen LogP contribution in [0.4, 0.5) is 5.69 Å². The molecule has 0 aliphatic carbocycles. The monoisotopic (exact) mass is 419 g/mol. The minimum Gasteiger partial charge on any atom is -0.493 e. The lowest BCUT2D eigenvalue weighted by atomic mass is 10.1. The molecule has 0 atom stereocenters. The van der Waals surface area contributed by atoms with Crippen LogP contribution in [0, 0.1) is 13.8 Å². The molecular weight excluding hydrogens is 390 g/mol. The van der Waals surface area contributed by atoms with Crippen LogP contribution in [0.25, 0.3) is 0 Å². The summed E-state index contributed by atoms with van der Waals surface area (Å²) < 4.78 is 5.81. The van der Waals surface area contributed by atoms with Gasteiger partial charge in [0.2, 0.25) is 5.91 Å². The molecule has 158 valence electrons. The standard InChI is InChI=1S/C22H29N3O3.ClH/c1-16-10-11-17(2)20(15-16)28-14-6-5-9-21(26)25-19-8-4-3-7-18(19)22(27)24-13-12-23;/h3-4,7-8,10-11,15H,5-6,9,12-14,23H2,1-2H3,(H,24,27)(H,25,26);1H. The van der Waals surface area contributed by atoms with Gasteiger partial charge >= 0.3 is 0 Å². The van der Waals surface area contributed by atoms with Gasteiger partial charge in [0.1, 0.15) is 5.75 Å². The lowest BCUT2D eigenvalue weighted by molar-refractivity contribution is -0.116. The second-order valence-electron chi connectivity index (χ2n) is 6.71. The third-order valence-electron chi connectivity index (χ3n) is 4.28. The lowest BCUT2D eigenvalue weighted by Crippen LogP contribution is -2.29. The van der Waals surface area contributed by atoms with Gasteiger partial charge in [-0.15, -0.1) is 12.4 Å². The molecule has 2 aromatic carbocycles. The second-order valence-corrected chi connectivity index (χ2v) is 6.71. The molecule has 0 heterocycles. The van der Waals surface area contributed by atoms with Gasteiger partial charge in [0, 0.05) is 19.5 Å². The molecule has 0 bridgehead atoms. The smallest absolute Gasteiger partial charge is 0.253 e. The molecule has 2 rings (SSSR count). The van der Waals surface area contributed by atoms with E-state index in [1.807, 2.05) is 26.0 Å². The molecule has 0 fully saturated rings. The van der Waals surface area contributed by atoms with Gasteiger partial charge in [0.05, 0.1) is 17.9 Å². The highest BCUT2D eigenvalue weighted by Crippen LogP contribution is 2.19. The van der Waals surface area contributed by atoms with Gasteiger partial charge in [0.15, 0.2) is 0 Å². The molecule has 0 aliphatic heterocycles. The number of carbonyl (C=O) groups is 2. The summed E-state index contributed by atoms with van der Waals surface area (Å²) in [5.74, 6) is 0.524. The highest BCUT2D eigenvalue weighted by Gasteiger charge is 2.12. The Kier molecular flexibility index (Phi) is 10.8. The zero-order valence-corrected chi connectivity index (χ0v) is 17.8. The minimum atomic E-state index is -0.247. The van der Waals surface area contributed by atoms with Crippen molar-refractivity contribution in [3.05, 3.63) is 59.2 Å². The van der Waals surface area contributed by atoms with Crippen molar-refractivity contribution < 1.29 is 14.3 Å². The van der Waals surface area contributed by atoms with E-state index in [0.29, 0.717) is 43.8 Å². The van der Waals surface area contributed by atoms with Crippen LogP contribution in [0.5, 0.6) is 5.75 Å². The number of halogens is 1. The summed E-state index contributed by atoms with van der Waals surface area (Å²) >= 11 is 0. The number of nitrogens with one attached hydrogen (secondary N) is 2. The van der Waals surface area contributed by atoms with Crippen molar-refractivity contribution in [3.63, 3.8) is 0 Å². The highest BCUT2D eigenvalue weighted by atomic mass is 35.5. The maximum atomic E-state index is 12.2.